The number of nitrogens with two attached hydrogens (primary N) is 1. The van der Waals surface area contributed by atoms with Crippen molar-refractivity contribution in [3.8, 4) is 5.75 Å². The molecule has 0 radical (unpaired) electrons. The summed E-state index contributed by atoms with van der Waals surface area (Å²) in [5, 5.41) is 0. The van der Waals surface area contributed by atoms with Crippen LogP contribution in [0, 0.1) is 6.92 Å². The second-order valence-electron chi connectivity index (χ2n) is 4.24. The van der Waals surface area contributed by atoms with Crippen LogP contribution in [0.15, 0.2) is 42.6 Å². The predicted octanol–water partition coefficient (Wildman–Crippen LogP) is 2.84. The van der Waals surface area contributed by atoms with Gasteiger partial charge in [0.05, 0.1) is 18.3 Å². The minimum Gasteiger partial charge on any atom is -0.494 e. The molecule has 0 aliphatic carbocycles. The van der Waals surface area contributed by atoms with Crippen LogP contribution in [0.5, 0.6) is 5.75 Å². The van der Waals surface area contributed by atoms with Crippen molar-refractivity contribution in [1.82, 2.24) is 4.98 Å². The quantitative estimate of drug-likeness (QED) is 0.896. The zero-order chi connectivity index (χ0) is 13.0. The summed E-state index contributed by atoms with van der Waals surface area (Å²) in [5.74, 6) is 0.866. The topological polar surface area (TPSA) is 48.1 Å². The first-order chi connectivity index (χ1) is 8.70. The number of aryl methyl sites for hydroxylation is 1. The van der Waals surface area contributed by atoms with Gasteiger partial charge in [-0.3, -0.25) is 4.98 Å². The SMILES string of the molecule is CCOc1ccc(C(N)c2cc(C)ccn2)cc1. The molecule has 0 bridgehead atoms. The molecule has 3 heteroatoms. The zero-order valence-electron chi connectivity index (χ0n) is 10.8. The molecule has 0 spiro atoms. The van der Waals surface area contributed by atoms with E-state index in [0.29, 0.717) is 6.61 Å². The molecule has 1 atom stereocenters. The summed E-state index contributed by atoms with van der Waals surface area (Å²) in [4.78, 5) is 4.32. The third-order valence-electron chi connectivity index (χ3n) is 2.81. The van der Waals surface area contributed by atoms with E-state index in [4.69, 9.17) is 10.5 Å². The Labute approximate surface area is 108 Å². The third kappa shape index (κ3) is 2.87. The third-order valence-corrected chi connectivity index (χ3v) is 2.81. The molecule has 1 aromatic carbocycles. The van der Waals surface area contributed by atoms with E-state index in [1.807, 2.05) is 50.2 Å². The number of aromatic nitrogens is 1. The maximum atomic E-state index is 6.21. The van der Waals surface area contributed by atoms with Gasteiger partial charge in [-0.2, -0.15) is 0 Å². The van der Waals surface area contributed by atoms with Gasteiger partial charge >= 0.3 is 0 Å². The van der Waals surface area contributed by atoms with E-state index in [1.165, 1.54) is 5.56 Å². The molecule has 1 heterocycles. The smallest absolute Gasteiger partial charge is 0.119 e. The molecule has 18 heavy (non-hydrogen) atoms. The van der Waals surface area contributed by atoms with Crippen LogP contribution < -0.4 is 10.5 Å². The lowest BCUT2D eigenvalue weighted by Crippen LogP contribution is -2.13. The van der Waals surface area contributed by atoms with Gasteiger partial charge in [0.1, 0.15) is 5.75 Å². The zero-order valence-corrected chi connectivity index (χ0v) is 10.8. The first kappa shape index (κ1) is 12.6. The molecule has 0 amide bonds. The number of hydrogen-bond acceptors (Lipinski definition) is 3. The number of pyridine rings is 1. The monoisotopic (exact) mass is 242 g/mol. The molecule has 2 rings (SSSR count). The maximum Gasteiger partial charge on any atom is 0.119 e. The Hall–Kier alpha value is -1.87. The van der Waals surface area contributed by atoms with E-state index in [0.717, 1.165) is 17.0 Å². The first-order valence-corrected chi connectivity index (χ1v) is 6.11. The van der Waals surface area contributed by atoms with Crippen molar-refractivity contribution >= 4 is 0 Å². The number of benzene rings is 1. The highest BCUT2D eigenvalue weighted by molar-refractivity contribution is 5.33. The molecule has 3 nitrogen and oxygen atoms in total. The number of hydrogen-bond donors (Lipinski definition) is 1. The standard InChI is InChI=1S/C15H18N2O/c1-3-18-13-6-4-12(5-7-13)15(16)14-10-11(2)8-9-17-14/h4-10,15H,3,16H2,1-2H3. The molecule has 2 N–H and O–H groups in total. The molecule has 0 saturated carbocycles. The number of ether oxygens (including phenoxy) is 1. The molecule has 0 fully saturated rings. The molecule has 0 saturated heterocycles. The largest absolute Gasteiger partial charge is 0.494 e. The van der Waals surface area contributed by atoms with Crippen LogP contribution in [0.1, 0.15) is 29.8 Å². The Kier molecular flexibility index (Phi) is 3.95. The minimum atomic E-state index is -0.194. The van der Waals surface area contributed by atoms with Crippen molar-refractivity contribution in [2.45, 2.75) is 19.9 Å². The van der Waals surface area contributed by atoms with E-state index in [2.05, 4.69) is 4.98 Å². The van der Waals surface area contributed by atoms with Crippen LogP contribution in [0.4, 0.5) is 0 Å². The van der Waals surface area contributed by atoms with Gasteiger partial charge < -0.3 is 10.5 Å². The molecule has 0 aliphatic heterocycles. The molecular weight excluding hydrogens is 224 g/mol. The van der Waals surface area contributed by atoms with Crippen LogP contribution in [-0.4, -0.2) is 11.6 Å². The summed E-state index contributed by atoms with van der Waals surface area (Å²) in [5.41, 5.74) is 9.30. The van der Waals surface area contributed by atoms with Crippen molar-refractivity contribution in [1.29, 1.82) is 0 Å². The van der Waals surface area contributed by atoms with Crippen LogP contribution >= 0.6 is 0 Å². The van der Waals surface area contributed by atoms with Gasteiger partial charge in [-0.1, -0.05) is 12.1 Å². The van der Waals surface area contributed by atoms with Crippen molar-refractivity contribution in [2.24, 2.45) is 5.73 Å². The Morgan fingerprint density at radius 2 is 1.94 bits per heavy atom. The molecule has 2 aromatic rings. The lowest BCUT2D eigenvalue weighted by Gasteiger charge is -2.12. The second-order valence-corrected chi connectivity index (χ2v) is 4.24. The van der Waals surface area contributed by atoms with Gasteiger partial charge in [0, 0.05) is 6.20 Å². The highest BCUT2D eigenvalue weighted by Crippen LogP contribution is 2.21. The van der Waals surface area contributed by atoms with Crippen molar-refractivity contribution in [3.05, 3.63) is 59.4 Å². The van der Waals surface area contributed by atoms with Gasteiger partial charge in [0.15, 0.2) is 0 Å². The van der Waals surface area contributed by atoms with Crippen LogP contribution in [0.25, 0.3) is 0 Å². The first-order valence-electron chi connectivity index (χ1n) is 6.11. The average molecular weight is 242 g/mol. The Balaban J connectivity index is 2.20. The molecule has 1 aromatic heterocycles. The normalized spacial score (nSPS) is 12.2. The van der Waals surface area contributed by atoms with Crippen LogP contribution in [-0.2, 0) is 0 Å². The Morgan fingerprint density at radius 1 is 1.22 bits per heavy atom. The lowest BCUT2D eigenvalue weighted by molar-refractivity contribution is 0.340. The van der Waals surface area contributed by atoms with Crippen LogP contribution in [0.2, 0.25) is 0 Å². The average Bonchev–Trinajstić information content (AvgIpc) is 2.39. The van der Waals surface area contributed by atoms with Gasteiger partial charge in [-0.25, -0.2) is 0 Å². The summed E-state index contributed by atoms with van der Waals surface area (Å²) in [7, 11) is 0. The summed E-state index contributed by atoms with van der Waals surface area (Å²) >= 11 is 0. The molecule has 94 valence electrons. The fourth-order valence-corrected chi connectivity index (χ4v) is 1.84. The summed E-state index contributed by atoms with van der Waals surface area (Å²) < 4.78 is 5.41. The minimum absolute atomic E-state index is 0.194. The van der Waals surface area contributed by atoms with E-state index in [9.17, 15) is 0 Å². The van der Waals surface area contributed by atoms with Gasteiger partial charge in [0.25, 0.3) is 0 Å². The van der Waals surface area contributed by atoms with E-state index in [1.54, 1.807) is 6.20 Å². The summed E-state index contributed by atoms with van der Waals surface area (Å²) in [6.45, 7) is 4.68. The maximum absolute atomic E-state index is 6.21. The van der Waals surface area contributed by atoms with Crippen molar-refractivity contribution < 1.29 is 4.74 Å². The predicted molar refractivity (Wildman–Crippen MR) is 72.6 cm³/mol. The summed E-state index contributed by atoms with van der Waals surface area (Å²) in [6.07, 6.45) is 1.79. The second kappa shape index (κ2) is 5.65. The van der Waals surface area contributed by atoms with Crippen LogP contribution in [0.3, 0.4) is 0 Å². The van der Waals surface area contributed by atoms with Gasteiger partial charge in [-0.15, -0.1) is 0 Å². The Morgan fingerprint density at radius 3 is 2.56 bits per heavy atom. The molecular formula is C15H18N2O. The van der Waals surface area contributed by atoms with Crippen molar-refractivity contribution in [2.75, 3.05) is 6.61 Å². The van der Waals surface area contributed by atoms with E-state index in [-0.39, 0.29) is 6.04 Å². The fraction of sp³-hybridized carbons (Fsp3) is 0.267. The highest BCUT2D eigenvalue weighted by atomic mass is 16.5. The number of rotatable bonds is 4. The fourth-order valence-electron chi connectivity index (χ4n) is 1.84. The Bertz CT molecular complexity index is 508. The van der Waals surface area contributed by atoms with E-state index >= 15 is 0 Å². The lowest BCUT2D eigenvalue weighted by atomic mass is 10.0. The van der Waals surface area contributed by atoms with Gasteiger partial charge in [-0.05, 0) is 49.2 Å². The van der Waals surface area contributed by atoms with Gasteiger partial charge in [0.2, 0.25) is 0 Å². The molecule has 0 aliphatic rings. The van der Waals surface area contributed by atoms with Crippen molar-refractivity contribution in [3.63, 3.8) is 0 Å². The number of nitrogens with zero attached hydrogens (tertiary/aromatic N) is 1. The summed E-state index contributed by atoms with van der Waals surface area (Å²) in [6, 6.07) is 11.6. The highest BCUT2D eigenvalue weighted by Gasteiger charge is 2.10. The molecule has 1 unspecified atom stereocenters. The van der Waals surface area contributed by atoms with E-state index < -0.39 is 0 Å².